The Morgan fingerprint density at radius 2 is 1.58 bits per heavy atom. The Kier molecular flexibility index (Phi) is 6.07. The number of amides is 2. The number of carbonyl (C=O) groups excluding carboxylic acids is 2. The number of likely N-dealkylation sites (tertiary alicyclic amines) is 1. The third kappa shape index (κ3) is 4.48. The highest BCUT2D eigenvalue weighted by atomic mass is 19.1. The van der Waals surface area contributed by atoms with Crippen molar-refractivity contribution in [1.29, 1.82) is 0 Å². The molecule has 0 N–H and O–H groups in total. The summed E-state index contributed by atoms with van der Waals surface area (Å²) in [6.07, 6.45) is 2.00. The maximum absolute atomic E-state index is 13.4. The Bertz CT molecular complexity index is 990. The molecule has 2 aromatic carbocycles. The minimum Gasteiger partial charge on any atom is -0.493 e. The second-order valence-corrected chi connectivity index (χ2v) is 8.47. The minimum atomic E-state index is -0.348. The molecule has 2 aliphatic rings. The Hall–Kier alpha value is -3.15. The molecule has 0 unspecified atom stereocenters. The molecule has 0 atom stereocenters. The summed E-state index contributed by atoms with van der Waals surface area (Å²) in [5.74, 6) is 0.205. The molecule has 0 bridgehead atoms. The van der Waals surface area contributed by atoms with Gasteiger partial charge in [0.15, 0.2) is 0 Å². The van der Waals surface area contributed by atoms with Gasteiger partial charge in [-0.3, -0.25) is 14.5 Å². The Morgan fingerprint density at radius 1 is 0.935 bits per heavy atom. The van der Waals surface area contributed by atoms with Gasteiger partial charge in [0.1, 0.15) is 17.3 Å². The first kappa shape index (κ1) is 21.1. The molecule has 5 nitrogen and oxygen atoms in total. The van der Waals surface area contributed by atoms with Crippen LogP contribution < -0.4 is 4.74 Å². The van der Waals surface area contributed by atoms with Gasteiger partial charge in [0, 0.05) is 13.1 Å². The van der Waals surface area contributed by atoms with Crippen molar-refractivity contribution in [2.45, 2.75) is 33.2 Å². The Balaban J connectivity index is 1.64. The van der Waals surface area contributed by atoms with Gasteiger partial charge < -0.3 is 9.64 Å². The minimum absolute atomic E-state index is 0.119. The van der Waals surface area contributed by atoms with Crippen molar-refractivity contribution in [2.75, 3.05) is 19.7 Å². The first-order valence-electron chi connectivity index (χ1n) is 10.8. The summed E-state index contributed by atoms with van der Waals surface area (Å²) < 4.78 is 19.0. The molecule has 0 radical (unpaired) electrons. The number of hydrogen-bond acceptors (Lipinski definition) is 4. The second-order valence-electron chi connectivity index (χ2n) is 8.47. The van der Waals surface area contributed by atoms with Gasteiger partial charge in [-0.1, -0.05) is 38.1 Å². The van der Waals surface area contributed by atoms with E-state index in [1.54, 1.807) is 12.1 Å². The number of carbonyl (C=O) groups is 2. The lowest BCUT2D eigenvalue weighted by Crippen LogP contribution is -2.34. The zero-order valence-electron chi connectivity index (χ0n) is 17.9. The molecule has 162 valence electrons. The summed E-state index contributed by atoms with van der Waals surface area (Å²) in [5, 5.41) is 0. The molecular formula is C25H27FN2O3. The van der Waals surface area contributed by atoms with E-state index in [2.05, 4.69) is 13.8 Å². The zero-order valence-corrected chi connectivity index (χ0v) is 17.9. The quantitative estimate of drug-likeness (QED) is 0.627. The molecule has 31 heavy (non-hydrogen) atoms. The number of benzene rings is 2. The van der Waals surface area contributed by atoms with Crippen molar-refractivity contribution in [1.82, 2.24) is 9.80 Å². The molecule has 1 fully saturated rings. The van der Waals surface area contributed by atoms with Crippen LogP contribution in [0.1, 0.15) is 37.8 Å². The first-order chi connectivity index (χ1) is 14.9. The largest absolute Gasteiger partial charge is 0.493 e. The number of hydrogen-bond donors (Lipinski definition) is 0. The summed E-state index contributed by atoms with van der Waals surface area (Å²) >= 11 is 0. The van der Waals surface area contributed by atoms with Crippen LogP contribution in [-0.2, 0) is 16.1 Å². The van der Waals surface area contributed by atoms with Gasteiger partial charge in [-0.25, -0.2) is 4.39 Å². The molecule has 2 aliphatic heterocycles. The number of rotatable bonds is 7. The number of ether oxygens (including phenoxy) is 1. The Morgan fingerprint density at radius 3 is 2.19 bits per heavy atom. The average molecular weight is 423 g/mol. The first-order valence-corrected chi connectivity index (χ1v) is 10.8. The number of halogens is 1. The van der Waals surface area contributed by atoms with Crippen LogP contribution in [0.2, 0.25) is 0 Å². The van der Waals surface area contributed by atoms with Crippen LogP contribution >= 0.6 is 0 Å². The lowest BCUT2D eigenvalue weighted by Gasteiger charge is -2.20. The van der Waals surface area contributed by atoms with Gasteiger partial charge in [0.25, 0.3) is 11.8 Å². The van der Waals surface area contributed by atoms with Crippen molar-refractivity contribution in [3.05, 3.63) is 71.2 Å². The normalized spacial score (nSPS) is 16.8. The van der Waals surface area contributed by atoms with E-state index in [9.17, 15) is 14.0 Å². The van der Waals surface area contributed by atoms with E-state index in [1.165, 1.54) is 17.0 Å². The molecular weight excluding hydrogens is 395 g/mol. The molecule has 2 aromatic rings. The van der Waals surface area contributed by atoms with E-state index >= 15 is 0 Å². The highest BCUT2D eigenvalue weighted by Crippen LogP contribution is 2.34. The fourth-order valence-electron chi connectivity index (χ4n) is 3.95. The van der Waals surface area contributed by atoms with Gasteiger partial charge in [0.05, 0.1) is 18.7 Å². The summed E-state index contributed by atoms with van der Waals surface area (Å²) in [5.41, 5.74) is 2.33. The molecule has 0 aliphatic carbocycles. The monoisotopic (exact) mass is 422 g/mol. The van der Waals surface area contributed by atoms with Gasteiger partial charge in [-0.05, 0) is 54.2 Å². The summed E-state index contributed by atoms with van der Waals surface area (Å²) in [4.78, 5) is 30.0. The predicted molar refractivity (Wildman–Crippen MR) is 116 cm³/mol. The van der Waals surface area contributed by atoms with Crippen LogP contribution in [0.15, 0.2) is 54.2 Å². The number of nitrogens with zero attached hydrogens (tertiary/aromatic N) is 2. The maximum Gasteiger partial charge on any atom is 0.278 e. The van der Waals surface area contributed by atoms with Crippen LogP contribution in [0.25, 0.3) is 5.57 Å². The van der Waals surface area contributed by atoms with Gasteiger partial charge in [0.2, 0.25) is 0 Å². The van der Waals surface area contributed by atoms with Crippen molar-refractivity contribution >= 4 is 17.4 Å². The third-order valence-electron chi connectivity index (χ3n) is 5.55. The van der Waals surface area contributed by atoms with E-state index in [0.29, 0.717) is 34.9 Å². The van der Waals surface area contributed by atoms with Crippen LogP contribution in [0, 0.1) is 11.7 Å². The zero-order chi connectivity index (χ0) is 22.0. The maximum atomic E-state index is 13.4. The average Bonchev–Trinajstić information content (AvgIpc) is 3.36. The van der Waals surface area contributed by atoms with Crippen LogP contribution in [-0.4, -0.2) is 41.3 Å². The van der Waals surface area contributed by atoms with Crippen molar-refractivity contribution < 1.29 is 18.7 Å². The van der Waals surface area contributed by atoms with Crippen molar-refractivity contribution in [2.24, 2.45) is 5.92 Å². The highest BCUT2D eigenvalue weighted by Gasteiger charge is 2.42. The van der Waals surface area contributed by atoms with Crippen LogP contribution in [0.4, 0.5) is 4.39 Å². The van der Waals surface area contributed by atoms with Crippen LogP contribution in [0.3, 0.4) is 0 Å². The lowest BCUT2D eigenvalue weighted by molar-refractivity contribution is -0.138. The molecule has 1 saturated heterocycles. The van der Waals surface area contributed by atoms with E-state index in [0.717, 1.165) is 31.7 Å². The topological polar surface area (TPSA) is 49.9 Å². The number of imide groups is 1. The van der Waals surface area contributed by atoms with Gasteiger partial charge in [-0.2, -0.15) is 0 Å². The molecule has 2 amide bonds. The molecule has 0 spiro atoms. The van der Waals surface area contributed by atoms with Crippen molar-refractivity contribution in [3.63, 3.8) is 0 Å². The van der Waals surface area contributed by atoms with E-state index in [1.807, 2.05) is 29.2 Å². The molecule has 6 heteroatoms. The van der Waals surface area contributed by atoms with Gasteiger partial charge >= 0.3 is 0 Å². The highest BCUT2D eigenvalue weighted by molar-refractivity contribution is 6.35. The molecule has 0 saturated carbocycles. The van der Waals surface area contributed by atoms with E-state index < -0.39 is 0 Å². The summed E-state index contributed by atoms with van der Waals surface area (Å²) in [7, 11) is 0. The van der Waals surface area contributed by atoms with Crippen molar-refractivity contribution in [3.8, 4) is 5.75 Å². The standard InChI is InChI=1S/C25H27FN2O3/c1-17(2)16-31-21-11-7-19(8-12-21)22-23(27-13-3-4-14-27)25(30)28(24(22)29)15-18-5-9-20(26)10-6-18/h5-12,17H,3-4,13-16H2,1-2H3. The van der Waals surface area contributed by atoms with Crippen LogP contribution in [0.5, 0.6) is 5.75 Å². The SMILES string of the molecule is CC(C)COc1ccc(C2=C(N3CCCC3)C(=O)N(Cc3ccc(F)cc3)C2=O)cc1. The lowest BCUT2D eigenvalue weighted by atomic mass is 10.0. The molecule has 0 aromatic heterocycles. The Labute approximate surface area is 182 Å². The fraction of sp³-hybridized carbons (Fsp3) is 0.360. The molecule has 4 rings (SSSR count). The van der Waals surface area contributed by atoms with E-state index in [-0.39, 0.29) is 24.2 Å². The second kappa shape index (κ2) is 8.92. The van der Waals surface area contributed by atoms with E-state index in [4.69, 9.17) is 4.74 Å². The predicted octanol–water partition coefficient (Wildman–Crippen LogP) is 4.24. The third-order valence-corrected chi connectivity index (χ3v) is 5.55. The van der Waals surface area contributed by atoms with Gasteiger partial charge in [-0.15, -0.1) is 0 Å². The smallest absolute Gasteiger partial charge is 0.278 e. The fourth-order valence-corrected chi connectivity index (χ4v) is 3.95. The summed E-state index contributed by atoms with van der Waals surface area (Å²) in [6.45, 7) is 6.42. The molecule has 2 heterocycles. The summed E-state index contributed by atoms with van der Waals surface area (Å²) in [6, 6.07) is 13.2.